The van der Waals surface area contributed by atoms with Crippen LogP contribution in [-0.2, 0) is 4.74 Å². The van der Waals surface area contributed by atoms with Crippen molar-refractivity contribution in [3.8, 4) is 11.5 Å². The molecule has 1 amide bonds. The fourth-order valence-corrected chi connectivity index (χ4v) is 3.62. The van der Waals surface area contributed by atoms with Crippen molar-refractivity contribution in [2.75, 3.05) is 11.9 Å². The lowest BCUT2D eigenvalue weighted by atomic mass is 10.1. The van der Waals surface area contributed by atoms with E-state index >= 15 is 0 Å². The zero-order valence-electron chi connectivity index (χ0n) is 19.6. The normalized spacial score (nSPS) is 10.3. The highest BCUT2D eigenvalue weighted by Gasteiger charge is 2.20. The highest BCUT2D eigenvalue weighted by Crippen LogP contribution is 2.37. The van der Waals surface area contributed by atoms with Gasteiger partial charge in [-0.1, -0.05) is 48.0 Å². The first-order chi connectivity index (χ1) is 18.3. The van der Waals surface area contributed by atoms with Crippen molar-refractivity contribution in [3.05, 3.63) is 129 Å². The number of ketones is 1. The lowest BCUT2D eigenvalue weighted by Gasteiger charge is -2.11. The van der Waals surface area contributed by atoms with Crippen molar-refractivity contribution in [1.29, 1.82) is 0 Å². The number of anilines is 1. The average molecular weight is 531 g/mol. The second-order valence-electron chi connectivity index (χ2n) is 7.84. The minimum atomic E-state index is -0.784. The number of rotatable bonds is 9. The van der Waals surface area contributed by atoms with Gasteiger partial charge in [-0.25, -0.2) is 4.79 Å². The summed E-state index contributed by atoms with van der Waals surface area (Å²) in [6.07, 6.45) is 0. The molecule has 0 saturated carbocycles. The van der Waals surface area contributed by atoms with Gasteiger partial charge in [0.25, 0.3) is 5.91 Å². The van der Waals surface area contributed by atoms with Gasteiger partial charge >= 0.3 is 11.7 Å². The Morgan fingerprint density at radius 3 is 2.21 bits per heavy atom. The van der Waals surface area contributed by atoms with Gasteiger partial charge in [-0.15, -0.1) is 0 Å². The molecule has 0 aliphatic rings. The summed E-state index contributed by atoms with van der Waals surface area (Å²) in [5, 5.41) is 14.0. The van der Waals surface area contributed by atoms with Crippen molar-refractivity contribution in [2.24, 2.45) is 0 Å². The van der Waals surface area contributed by atoms with Gasteiger partial charge in [-0.05, 0) is 54.6 Å². The number of nitro groups is 1. The summed E-state index contributed by atoms with van der Waals surface area (Å²) in [7, 11) is 0. The third-order valence-corrected chi connectivity index (χ3v) is 5.60. The van der Waals surface area contributed by atoms with E-state index in [0.717, 1.165) is 0 Å². The highest BCUT2D eigenvalue weighted by molar-refractivity contribution is 6.32. The van der Waals surface area contributed by atoms with Crippen LogP contribution in [0.25, 0.3) is 0 Å². The molecule has 0 aromatic heterocycles. The molecule has 4 rings (SSSR count). The van der Waals surface area contributed by atoms with Crippen LogP contribution >= 0.6 is 11.6 Å². The quantitative estimate of drug-likeness (QED) is 0.116. The van der Waals surface area contributed by atoms with Crippen LogP contribution in [0.2, 0.25) is 5.02 Å². The molecule has 0 spiro atoms. The van der Waals surface area contributed by atoms with Crippen molar-refractivity contribution < 1.29 is 28.8 Å². The summed E-state index contributed by atoms with van der Waals surface area (Å²) in [5.41, 5.74) is 0.681. The Labute approximate surface area is 221 Å². The molecule has 0 radical (unpaired) electrons. The SMILES string of the molecule is O=C(COC(=O)c1ccccc1NC(=O)c1ccccc1)c1ccc(Oc2c(Cl)cccc2[N+](=O)[O-])cc1. The average Bonchev–Trinajstić information content (AvgIpc) is 2.93. The van der Waals surface area contributed by atoms with E-state index in [2.05, 4.69) is 5.32 Å². The van der Waals surface area contributed by atoms with Gasteiger partial charge in [0.15, 0.2) is 12.4 Å². The lowest BCUT2D eigenvalue weighted by molar-refractivity contribution is -0.385. The van der Waals surface area contributed by atoms with Crippen LogP contribution in [0.15, 0.2) is 97.1 Å². The zero-order valence-corrected chi connectivity index (χ0v) is 20.4. The predicted molar refractivity (Wildman–Crippen MR) is 140 cm³/mol. The van der Waals surface area contributed by atoms with Crippen LogP contribution in [-0.4, -0.2) is 29.2 Å². The Balaban J connectivity index is 1.39. The minimum absolute atomic E-state index is 0.0616. The molecule has 0 saturated heterocycles. The van der Waals surface area contributed by atoms with E-state index in [-0.39, 0.29) is 39.0 Å². The molecule has 38 heavy (non-hydrogen) atoms. The van der Waals surface area contributed by atoms with E-state index in [0.29, 0.717) is 5.56 Å². The first-order valence-corrected chi connectivity index (χ1v) is 11.6. The number of hydrogen-bond donors (Lipinski definition) is 1. The molecule has 9 nitrogen and oxygen atoms in total. The Morgan fingerprint density at radius 2 is 1.50 bits per heavy atom. The molecule has 4 aromatic carbocycles. The van der Waals surface area contributed by atoms with E-state index in [1.165, 1.54) is 48.5 Å². The Bertz CT molecular complexity index is 1510. The summed E-state index contributed by atoms with van der Waals surface area (Å²) in [5.74, 6) is -1.57. The standard InChI is InChI=1S/C28H19ClN2O7/c29-22-10-6-12-24(31(35)36)26(22)38-20-15-13-18(14-16-20)25(32)17-37-28(34)21-9-4-5-11-23(21)30-27(33)19-7-2-1-3-8-19/h1-16H,17H2,(H,30,33). The number of amides is 1. The number of nitrogens with zero attached hydrogens (tertiary/aromatic N) is 1. The number of Topliss-reactive ketones (excluding diaryl/α,β-unsaturated/α-hetero) is 1. The number of hydrogen-bond acceptors (Lipinski definition) is 7. The molecular weight excluding hydrogens is 512 g/mol. The number of esters is 1. The van der Waals surface area contributed by atoms with Gasteiger partial charge in [-0.2, -0.15) is 0 Å². The first-order valence-electron chi connectivity index (χ1n) is 11.2. The zero-order chi connectivity index (χ0) is 27.1. The number of carbonyl (C=O) groups is 3. The van der Waals surface area contributed by atoms with Gasteiger partial charge < -0.3 is 14.8 Å². The number of nitro benzene ring substituents is 1. The summed E-state index contributed by atoms with van der Waals surface area (Å²) in [6, 6.07) is 24.7. The van der Waals surface area contributed by atoms with Gasteiger partial charge in [0, 0.05) is 17.2 Å². The molecule has 10 heteroatoms. The topological polar surface area (TPSA) is 125 Å². The van der Waals surface area contributed by atoms with E-state index in [1.807, 2.05) is 0 Å². The third-order valence-electron chi connectivity index (χ3n) is 5.30. The van der Waals surface area contributed by atoms with Gasteiger partial charge in [-0.3, -0.25) is 19.7 Å². The second kappa shape index (κ2) is 11.8. The van der Waals surface area contributed by atoms with Crippen molar-refractivity contribution >= 4 is 40.6 Å². The molecule has 0 fully saturated rings. The number of nitrogens with one attached hydrogen (secondary N) is 1. The van der Waals surface area contributed by atoms with Gasteiger partial charge in [0.1, 0.15) is 5.75 Å². The Morgan fingerprint density at radius 1 is 0.816 bits per heavy atom. The molecule has 0 aliphatic heterocycles. The van der Waals surface area contributed by atoms with Crippen LogP contribution in [0.1, 0.15) is 31.1 Å². The number of halogens is 1. The molecule has 0 unspecified atom stereocenters. The number of para-hydroxylation sites is 2. The maximum Gasteiger partial charge on any atom is 0.340 e. The summed E-state index contributed by atoms with van der Waals surface area (Å²) in [4.78, 5) is 48.4. The summed E-state index contributed by atoms with van der Waals surface area (Å²) in [6.45, 7) is -0.546. The van der Waals surface area contributed by atoms with E-state index < -0.39 is 29.2 Å². The molecule has 0 heterocycles. The highest BCUT2D eigenvalue weighted by atomic mass is 35.5. The number of ether oxygens (including phenoxy) is 2. The number of benzene rings is 4. The van der Waals surface area contributed by atoms with Crippen LogP contribution in [0, 0.1) is 10.1 Å². The lowest BCUT2D eigenvalue weighted by Crippen LogP contribution is -2.18. The maximum absolute atomic E-state index is 12.7. The van der Waals surface area contributed by atoms with Crippen LogP contribution in [0.5, 0.6) is 11.5 Å². The molecule has 4 aromatic rings. The van der Waals surface area contributed by atoms with Crippen LogP contribution in [0.3, 0.4) is 0 Å². The monoisotopic (exact) mass is 530 g/mol. The fourth-order valence-electron chi connectivity index (χ4n) is 3.42. The van der Waals surface area contributed by atoms with Crippen LogP contribution < -0.4 is 10.1 Å². The number of carbonyl (C=O) groups excluding carboxylic acids is 3. The predicted octanol–water partition coefficient (Wildman–Crippen LogP) is 6.33. The molecule has 0 atom stereocenters. The van der Waals surface area contributed by atoms with Crippen molar-refractivity contribution in [1.82, 2.24) is 0 Å². The van der Waals surface area contributed by atoms with E-state index in [1.54, 1.807) is 48.5 Å². The largest absolute Gasteiger partial charge is 0.454 e. The Hall–Kier alpha value is -5.02. The first kappa shape index (κ1) is 26.1. The van der Waals surface area contributed by atoms with Gasteiger partial charge in [0.05, 0.1) is 21.2 Å². The third kappa shape index (κ3) is 6.21. The van der Waals surface area contributed by atoms with Crippen molar-refractivity contribution in [2.45, 2.75) is 0 Å². The smallest absolute Gasteiger partial charge is 0.340 e. The van der Waals surface area contributed by atoms with Gasteiger partial charge in [0.2, 0.25) is 5.75 Å². The second-order valence-corrected chi connectivity index (χ2v) is 8.24. The molecule has 0 aliphatic carbocycles. The fraction of sp³-hybridized carbons (Fsp3) is 0.0357. The molecule has 0 bridgehead atoms. The van der Waals surface area contributed by atoms with E-state index in [9.17, 15) is 24.5 Å². The molecule has 190 valence electrons. The molecular formula is C28H19ClN2O7. The Kier molecular flexibility index (Phi) is 8.10. The minimum Gasteiger partial charge on any atom is -0.454 e. The summed E-state index contributed by atoms with van der Waals surface area (Å²) < 4.78 is 10.8. The molecule has 1 N–H and O–H groups in total. The van der Waals surface area contributed by atoms with Crippen molar-refractivity contribution in [3.63, 3.8) is 0 Å². The summed E-state index contributed by atoms with van der Waals surface area (Å²) >= 11 is 6.04. The maximum atomic E-state index is 12.7. The van der Waals surface area contributed by atoms with Crippen LogP contribution in [0.4, 0.5) is 11.4 Å². The van der Waals surface area contributed by atoms with E-state index in [4.69, 9.17) is 21.1 Å².